The third-order valence-corrected chi connectivity index (χ3v) is 4.38. The van der Waals surface area contributed by atoms with E-state index < -0.39 is 0 Å². The van der Waals surface area contributed by atoms with Crippen molar-refractivity contribution < 1.29 is 0 Å². The fraction of sp³-hybridized carbons (Fsp3) is 0.357. The Labute approximate surface area is 100 Å². The molecule has 1 unspecified atom stereocenters. The fourth-order valence-corrected chi connectivity index (χ4v) is 3.49. The Kier molecular flexibility index (Phi) is 2.52. The molecule has 0 radical (unpaired) electrons. The normalized spacial score (nSPS) is 19.4. The van der Waals surface area contributed by atoms with Crippen molar-refractivity contribution in [2.45, 2.75) is 32.1 Å². The van der Waals surface area contributed by atoms with Crippen molar-refractivity contribution in [1.82, 2.24) is 4.98 Å². The topological polar surface area (TPSA) is 12.9 Å². The van der Waals surface area contributed by atoms with Crippen LogP contribution in [0.15, 0.2) is 29.6 Å². The van der Waals surface area contributed by atoms with E-state index in [0.29, 0.717) is 5.92 Å². The van der Waals surface area contributed by atoms with Gasteiger partial charge in [0.2, 0.25) is 0 Å². The van der Waals surface area contributed by atoms with Crippen LogP contribution in [0.1, 0.15) is 40.6 Å². The Bertz CT molecular complexity index is 501. The molecule has 3 rings (SSSR count). The van der Waals surface area contributed by atoms with Crippen molar-refractivity contribution in [2.75, 3.05) is 0 Å². The molecule has 2 heteroatoms. The molecule has 0 fully saturated rings. The van der Waals surface area contributed by atoms with Gasteiger partial charge >= 0.3 is 0 Å². The van der Waals surface area contributed by atoms with E-state index in [2.05, 4.69) is 41.6 Å². The summed E-state index contributed by atoms with van der Waals surface area (Å²) in [7, 11) is 0. The van der Waals surface area contributed by atoms with Gasteiger partial charge in [0, 0.05) is 17.0 Å². The SMILES string of the molecule is Cc1csc(C2CCCc3ccccc32)n1. The molecular weight excluding hydrogens is 214 g/mol. The van der Waals surface area contributed by atoms with Gasteiger partial charge in [0.1, 0.15) is 5.01 Å². The summed E-state index contributed by atoms with van der Waals surface area (Å²) >= 11 is 1.81. The molecule has 82 valence electrons. The molecule has 1 aliphatic carbocycles. The highest BCUT2D eigenvalue weighted by atomic mass is 32.1. The summed E-state index contributed by atoms with van der Waals surface area (Å²) < 4.78 is 0. The average Bonchev–Trinajstić information content (AvgIpc) is 2.75. The second kappa shape index (κ2) is 4.02. The van der Waals surface area contributed by atoms with E-state index in [1.165, 1.54) is 35.4 Å². The first-order valence-corrected chi connectivity index (χ1v) is 6.72. The lowest BCUT2D eigenvalue weighted by Crippen LogP contribution is -2.10. The summed E-state index contributed by atoms with van der Waals surface area (Å²) in [6, 6.07) is 8.84. The lowest BCUT2D eigenvalue weighted by atomic mass is 9.83. The van der Waals surface area contributed by atoms with E-state index in [0.717, 1.165) is 5.69 Å². The molecule has 0 aliphatic heterocycles. The highest BCUT2D eigenvalue weighted by Gasteiger charge is 2.23. The molecular formula is C14H15NS. The summed E-state index contributed by atoms with van der Waals surface area (Å²) in [6.07, 6.45) is 3.78. The van der Waals surface area contributed by atoms with E-state index >= 15 is 0 Å². The van der Waals surface area contributed by atoms with Crippen molar-refractivity contribution in [3.05, 3.63) is 51.5 Å². The van der Waals surface area contributed by atoms with E-state index in [1.54, 1.807) is 0 Å². The van der Waals surface area contributed by atoms with Gasteiger partial charge in [0.25, 0.3) is 0 Å². The molecule has 1 atom stereocenters. The van der Waals surface area contributed by atoms with Gasteiger partial charge in [-0.15, -0.1) is 11.3 Å². The molecule has 2 aromatic rings. The number of nitrogens with zero attached hydrogens (tertiary/aromatic N) is 1. The summed E-state index contributed by atoms with van der Waals surface area (Å²) in [5.74, 6) is 0.545. The molecule has 0 bridgehead atoms. The highest BCUT2D eigenvalue weighted by Crippen LogP contribution is 2.37. The quantitative estimate of drug-likeness (QED) is 0.722. The lowest BCUT2D eigenvalue weighted by molar-refractivity contribution is 0.612. The van der Waals surface area contributed by atoms with Gasteiger partial charge in [-0.2, -0.15) is 0 Å². The largest absolute Gasteiger partial charge is 0.246 e. The second-order valence-electron chi connectivity index (χ2n) is 4.47. The maximum atomic E-state index is 4.65. The van der Waals surface area contributed by atoms with Crippen LogP contribution in [-0.4, -0.2) is 4.98 Å². The number of thiazole rings is 1. The zero-order chi connectivity index (χ0) is 11.0. The van der Waals surface area contributed by atoms with Gasteiger partial charge in [-0.05, 0) is 37.3 Å². The first-order chi connectivity index (χ1) is 7.84. The number of hydrogen-bond donors (Lipinski definition) is 0. The van der Waals surface area contributed by atoms with Crippen LogP contribution in [0, 0.1) is 6.92 Å². The molecule has 1 aromatic carbocycles. The molecule has 0 N–H and O–H groups in total. The van der Waals surface area contributed by atoms with E-state index in [9.17, 15) is 0 Å². The minimum atomic E-state index is 0.545. The predicted octanol–water partition coefficient (Wildman–Crippen LogP) is 3.92. The Hall–Kier alpha value is -1.15. The zero-order valence-corrected chi connectivity index (χ0v) is 10.3. The van der Waals surface area contributed by atoms with Gasteiger partial charge in [0.15, 0.2) is 0 Å². The minimum Gasteiger partial charge on any atom is -0.246 e. The molecule has 0 saturated carbocycles. The number of fused-ring (bicyclic) bond motifs is 1. The van der Waals surface area contributed by atoms with Crippen LogP contribution in [0.2, 0.25) is 0 Å². The smallest absolute Gasteiger partial charge is 0.100 e. The Morgan fingerprint density at radius 3 is 3.00 bits per heavy atom. The van der Waals surface area contributed by atoms with Crippen molar-refractivity contribution in [2.24, 2.45) is 0 Å². The van der Waals surface area contributed by atoms with Gasteiger partial charge in [-0.3, -0.25) is 0 Å². The molecule has 0 amide bonds. The predicted molar refractivity (Wildman–Crippen MR) is 68.1 cm³/mol. The molecule has 0 saturated heterocycles. The third kappa shape index (κ3) is 1.67. The van der Waals surface area contributed by atoms with Gasteiger partial charge in [0.05, 0.1) is 0 Å². The van der Waals surface area contributed by atoms with Crippen molar-refractivity contribution in [3.8, 4) is 0 Å². The first-order valence-electron chi connectivity index (χ1n) is 5.84. The first kappa shape index (κ1) is 10.0. The molecule has 16 heavy (non-hydrogen) atoms. The zero-order valence-electron chi connectivity index (χ0n) is 9.44. The van der Waals surface area contributed by atoms with Crippen LogP contribution >= 0.6 is 11.3 Å². The number of aromatic nitrogens is 1. The summed E-state index contributed by atoms with van der Waals surface area (Å²) in [5.41, 5.74) is 4.18. The van der Waals surface area contributed by atoms with Crippen molar-refractivity contribution in [3.63, 3.8) is 0 Å². The standard InChI is InChI=1S/C14H15NS/c1-10-9-16-14(15-10)13-8-4-6-11-5-2-3-7-12(11)13/h2-3,5,7,9,13H,4,6,8H2,1H3. The van der Waals surface area contributed by atoms with Crippen molar-refractivity contribution >= 4 is 11.3 Å². The Balaban J connectivity index is 2.04. The van der Waals surface area contributed by atoms with Crippen LogP contribution in [-0.2, 0) is 6.42 Å². The highest BCUT2D eigenvalue weighted by molar-refractivity contribution is 7.09. The van der Waals surface area contributed by atoms with Gasteiger partial charge in [-0.25, -0.2) is 4.98 Å². The van der Waals surface area contributed by atoms with Crippen molar-refractivity contribution in [1.29, 1.82) is 0 Å². The van der Waals surface area contributed by atoms with Gasteiger partial charge < -0.3 is 0 Å². The Morgan fingerprint density at radius 2 is 2.19 bits per heavy atom. The summed E-state index contributed by atoms with van der Waals surface area (Å²) in [5, 5.41) is 3.46. The van der Waals surface area contributed by atoms with E-state index in [-0.39, 0.29) is 0 Å². The molecule has 1 heterocycles. The number of benzene rings is 1. The van der Waals surface area contributed by atoms with Crippen LogP contribution in [0.4, 0.5) is 0 Å². The molecule has 1 nitrogen and oxygen atoms in total. The summed E-state index contributed by atoms with van der Waals surface area (Å²) in [4.78, 5) is 4.65. The Morgan fingerprint density at radius 1 is 1.31 bits per heavy atom. The minimum absolute atomic E-state index is 0.545. The number of rotatable bonds is 1. The molecule has 1 aliphatic rings. The monoisotopic (exact) mass is 229 g/mol. The third-order valence-electron chi connectivity index (χ3n) is 3.30. The average molecular weight is 229 g/mol. The van der Waals surface area contributed by atoms with E-state index in [4.69, 9.17) is 0 Å². The van der Waals surface area contributed by atoms with Crippen LogP contribution in [0.3, 0.4) is 0 Å². The van der Waals surface area contributed by atoms with E-state index in [1.807, 2.05) is 11.3 Å². The maximum Gasteiger partial charge on any atom is 0.100 e. The maximum absolute atomic E-state index is 4.65. The summed E-state index contributed by atoms with van der Waals surface area (Å²) in [6.45, 7) is 2.08. The fourth-order valence-electron chi connectivity index (χ4n) is 2.54. The second-order valence-corrected chi connectivity index (χ2v) is 5.36. The van der Waals surface area contributed by atoms with Crippen LogP contribution in [0.5, 0.6) is 0 Å². The van der Waals surface area contributed by atoms with Crippen LogP contribution in [0.25, 0.3) is 0 Å². The van der Waals surface area contributed by atoms with Crippen LogP contribution < -0.4 is 0 Å². The lowest BCUT2D eigenvalue weighted by Gasteiger charge is -2.23. The number of aryl methyl sites for hydroxylation is 2. The number of hydrogen-bond acceptors (Lipinski definition) is 2. The molecule has 0 spiro atoms. The molecule has 1 aromatic heterocycles. The van der Waals surface area contributed by atoms with Gasteiger partial charge in [-0.1, -0.05) is 24.3 Å².